The molecule has 4 nitrogen and oxygen atoms in total. The zero-order chi connectivity index (χ0) is 11.5. The smallest absolute Gasteiger partial charge is 0.221 e. The van der Waals surface area contributed by atoms with Gasteiger partial charge in [-0.25, -0.2) is 0 Å². The minimum atomic E-state index is -0.0126. The molecule has 0 saturated heterocycles. The molecule has 0 aromatic heterocycles. The molecule has 0 aliphatic carbocycles. The Bertz CT molecular complexity index is 163. The minimum Gasteiger partial charge on any atom is -0.381 e. The third kappa shape index (κ3) is 9.69. The number of nitrogens with two attached hydrogens (primary N) is 1. The summed E-state index contributed by atoms with van der Waals surface area (Å²) >= 11 is 0. The number of hydrogen-bond donors (Lipinski definition) is 2. The molecule has 15 heavy (non-hydrogen) atoms. The topological polar surface area (TPSA) is 64.3 Å². The molecular formula is C11H24N2O2. The number of carbonyl (C=O) groups is 1. The zero-order valence-corrected chi connectivity index (χ0v) is 9.92. The van der Waals surface area contributed by atoms with Crippen molar-refractivity contribution in [2.75, 3.05) is 19.8 Å². The van der Waals surface area contributed by atoms with Crippen LogP contribution in [0.2, 0.25) is 0 Å². The summed E-state index contributed by atoms with van der Waals surface area (Å²) in [7, 11) is 0. The summed E-state index contributed by atoms with van der Waals surface area (Å²) in [5.74, 6) is 0.0415. The van der Waals surface area contributed by atoms with Gasteiger partial charge in [0.2, 0.25) is 5.91 Å². The van der Waals surface area contributed by atoms with E-state index in [1.54, 1.807) is 0 Å². The first kappa shape index (κ1) is 14.4. The first-order valence-corrected chi connectivity index (χ1v) is 5.80. The second-order valence-corrected chi connectivity index (χ2v) is 3.69. The quantitative estimate of drug-likeness (QED) is 0.566. The average molecular weight is 216 g/mol. The minimum absolute atomic E-state index is 0.0126. The van der Waals surface area contributed by atoms with E-state index < -0.39 is 0 Å². The predicted octanol–water partition coefficient (Wildman–Crippen LogP) is 1.05. The molecule has 0 fully saturated rings. The van der Waals surface area contributed by atoms with Gasteiger partial charge in [-0.2, -0.15) is 0 Å². The summed E-state index contributed by atoms with van der Waals surface area (Å²) in [6, 6.07) is -0.0126. The van der Waals surface area contributed by atoms with E-state index in [-0.39, 0.29) is 11.9 Å². The van der Waals surface area contributed by atoms with Gasteiger partial charge in [-0.05, 0) is 19.3 Å². The molecule has 1 atom stereocenters. The fourth-order valence-electron chi connectivity index (χ4n) is 1.10. The largest absolute Gasteiger partial charge is 0.381 e. The van der Waals surface area contributed by atoms with Crippen LogP contribution in [0.25, 0.3) is 0 Å². The van der Waals surface area contributed by atoms with Crippen molar-refractivity contribution in [2.45, 2.75) is 45.6 Å². The summed E-state index contributed by atoms with van der Waals surface area (Å²) in [6.45, 7) is 6.26. The molecule has 3 N–H and O–H groups in total. The summed E-state index contributed by atoms with van der Waals surface area (Å²) in [6.07, 6.45) is 3.17. The van der Waals surface area contributed by atoms with Crippen LogP contribution >= 0.6 is 0 Å². The monoisotopic (exact) mass is 216 g/mol. The van der Waals surface area contributed by atoms with Crippen LogP contribution < -0.4 is 11.1 Å². The summed E-state index contributed by atoms with van der Waals surface area (Å²) in [5.41, 5.74) is 5.66. The summed E-state index contributed by atoms with van der Waals surface area (Å²) in [5, 5.41) is 2.83. The molecule has 0 heterocycles. The maximum Gasteiger partial charge on any atom is 0.221 e. The van der Waals surface area contributed by atoms with Gasteiger partial charge < -0.3 is 15.8 Å². The van der Waals surface area contributed by atoms with Crippen molar-refractivity contribution in [3.05, 3.63) is 0 Å². The van der Waals surface area contributed by atoms with Crippen LogP contribution in [0.1, 0.15) is 39.5 Å². The van der Waals surface area contributed by atoms with E-state index in [1.165, 1.54) is 0 Å². The molecule has 0 aliphatic rings. The molecule has 1 amide bonds. The lowest BCUT2D eigenvalue weighted by Crippen LogP contribution is -2.32. The third-order valence-corrected chi connectivity index (χ3v) is 2.11. The number of carbonyl (C=O) groups excluding carboxylic acids is 1. The highest BCUT2D eigenvalue weighted by atomic mass is 16.5. The third-order valence-electron chi connectivity index (χ3n) is 2.11. The Balaban J connectivity index is 3.24. The van der Waals surface area contributed by atoms with E-state index in [4.69, 9.17) is 10.5 Å². The Morgan fingerprint density at radius 3 is 2.73 bits per heavy atom. The van der Waals surface area contributed by atoms with Gasteiger partial charge >= 0.3 is 0 Å². The fourth-order valence-corrected chi connectivity index (χ4v) is 1.10. The Kier molecular flexibility index (Phi) is 9.52. The van der Waals surface area contributed by atoms with Gasteiger partial charge in [-0.15, -0.1) is 0 Å². The number of amides is 1. The maximum absolute atomic E-state index is 11.3. The van der Waals surface area contributed by atoms with Gasteiger partial charge in [0, 0.05) is 32.2 Å². The zero-order valence-electron chi connectivity index (χ0n) is 9.92. The van der Waals surface area contributed by atoms with Crippen molar-refractivity contribution in [1.82, 2.24) is 5.32 Å². The van der Waals surface area contributed by atoms with Crippen LogP contribution in [0, 0.1) is 0 Å². The molecule has 0 aromatic carbocycles. The SMILES string of the molecule is CCCOCCCNC(=O)CC(N)CC. The van der Waals surface area contributed by atoms with Crippen LogP contribution in [-0.4, -0.2) is 31.7 Å². The number of nitrogens with one attached hydrogen (secondary N) is 1. The van der Waals surface area contributed by atoms with Gasteiger partial charge in [-0.1, -0.05) is 13.8 Å². The molecule has 0 rings (SSSR count). The highest BCUT2D eigenvalue weighted by molar-refractivity contribution is 5.76. The van der Waals surface area contributed by atoms with Crippen molar-refractivity contribution in [2.24, 2.45) is 5.73 Å². The van der Waals surface area contributed by atoms with E-state index in [1.807, 2.05) is 6.92 Å². The first-order chi connectivity index (χ1) is 7.20. The fraction of sp³-hybridized carbons (Fsp3) is 0.909. The molecule has 0 saturated carbocycles. The lowest BCUT2D eigenvalue weighted by Gasteiger charge is -2.09. The molecule has 0 aliphatic heterocycles. The summed E-state index contributed by atoms with van der Waals surface area (Å²) < 4.78 is 5.29. The van der Waals surface area contributed by atoms with Crippen LogP contribution in [0.15, 0.2) is 0 Å². The molecule has 0 spiro atoms. The average Bonchev–Trinajstić information content (AvgIpc) is 2.23. The molecule has 1 unspecified atom stereocenters. The van der Waals surface area contributed by atoms with Crippen molar-refractivity contribution in [3.63, 3.8) is 0 Å². The van der Waals surface area contributed by atoms with Crippen LogP contribution in [0.4, 0.5) is 0 Å². The number of hydrogen-bond acceptors (Lipinski definition) is 3. The van der Waals surface area contributed by atoms with Crippen molar-refractivity contribution < 1.29 is 9.53 Å². The Hall–Kier alpha value is -0.610. The first-order valence-electron chi connectivity index (χ1n) is 5.80. The van der Waals surface area contributed by atoms with Crippen LogP contribution in [-0.2, 0) is 9.53 Å². The molecule has 0 aromatic rings. The van der Waals surface area contributed by atoms with Gasteiger partial charge in [0.1, 0.15) is 0 Å². The van der Waals surface area contributed by atoms with Crippen molar-refractivity contribution >= 4 is 5.91 Å². The molecular weight excluding hydrogens is 192 g/mol. The predicted molar refractivity (Wildman–Crippen MR) is 61.6 cm³/mol. The van der Waals surface area contributed by atoms with E-state index in [0.717, 1.165) is 25.9 Å². The Labute approximate surface area is 92.6 Å². The highest BCUT2D eigenvalue weighted by Crippen LogP contribution is 1.92. The standard InChI is InChI=1S/C11H24N2O2/c1-3-7-15-8-5-6-13-11(14)9-10(12)4-2/h10H,3-9,12H2,1-2H3,(H,13,14). The second kappa shape index (κ2) is 9.93. The normalized spacial score (nSPS) is 12.5. The van der Waals surface area contributed by atoms with E-state index >= 15 is 0 Å². The maximum atomic E-state index is 11.3. The molecule has 0 bridgehead atoms. The lowest BCUT2D eigenvalue weighted by molar-refractivity contribution is -0.121. The van der Waals surface area contributed by atoms with Crippen LogP contribution in [0.5, 0.6) is 0 Å². The molecule has 90 valence electrons. The van der Waals surface area contributed by atoms with E-state index in [2.05, 4.69) is 12.2 Å². The van der Waals surface area contributed by atoms with Gasteiger partial charge in [-0.3, -0.25) is 4.79 Å². The Morgan fingerprint density at radius 1 is 1.40 bits per heavy atom. The van der Waals surface area contributed by atoms with Crippen molar-refractivity contribution in [1.29, 1.82) is 0 Å². The van der Waals surface area contributed by atoms with E-state index in [9.17, 15) is 4.79 Å². The second-order valence-electron chi connectivity index (χ2n) is 3.69. The number of rotatable bonds is 9. The van der Waals surface area contributed by atoms with Gasteiger partial charge in [0.15, 0.2) is 0 Å². The Morgan fingerprint density at radius 2 is 2.13 bits per heavy atom. The van der Waals surface area contributed by atoms with Crippen molar-refractivity contribution in [3.8, 4) is 0 Å². The van der Waals surface area contributed by atoms with E-state index in [0.29, 0.717) is 19.6 Å². The van der Waals surface area contributed by atoms with Gasteiger partial charge in [0.05, 0.1) is 0 Å². The molecule has 4 heteroatoms. The number of ether oxygens (including phenoxy) is 1. The highest BCUT2D eigenvalue weighted by Gasteiger charge is 2.06. The molecule has 0 radical (unpaired) electrons. The lowest BCUT2D eigenvalue weighted by atomic mass is 10.1. The van der Waals surface area contributed by atoms with Gasteiger partial charge in [0.25, 0.3) is 0 Å². The van der Waals surface area contributed by atoms with Crippen LogP contribution in [0.3, 0.4) is 0 Å². The summed E-state index contributed by atoms with van der Waals surface area (Å²) in [4.78, 5) is 11.3.